The van der Waals surface area contributed by atoms with Gasteiger partial charge in [-0.15, -0.1) is 0 Å². The molecule has 2 atom stereocenters. The van der Waals surface area contributed by atoms with Gasteiger partial charge in [-0.1, -0.05) is 0 Å². The number of hydrogen-bond donors (Lipinski definition) is 3. The number of phosphoric ester groups is 1. The third-order valence-electron chi connectivity index (χ3n) is 1.09. The van der Waals surface area contributed by atoms with E-state index in [9.17, 15) is 4.57 Å². The first-order valence-corrected chi connectivity index (χ1v) is 6.05. The molecule has 13 heavy (non-hydrogen) atoms. The largest absolute Gasteiger partial charge is 0.474 e. The minimum absolute atomic E-state index is 0.126. The van der Waals surface area contributed by atoms with Crippen LogP contribution < -0.4 is 0 Å². The molecule has 2 N–H and O–H groups in total. The van der Waals surface area contributed by atoms with E-state index < -0.39 is 14.1 Å². The molecule has 7 heteroatoms. The maximum absolute atomic E-state index is 10.9. The predicted octanol–water partition coefficient (Wildman–Crippen LogP) is 1.17. The fraction of sp³-hybridized carbons (Fsp3) is 1.00. The standard InChI is InChI=1S/C6H15O5PS/c1-6(7)11-12(8,9)10-4-2-3-5-13/h6-7,13H,2-5H2,1H3,(H,8,9). The molecule has 0 aromatic rings. The zero-order valence-corrected chi connectivity index (χ0v) is 9.21. The third-order valence-corrected chi connectivity index (χ3v) is 2.49. The highest BCUT2D eigenvalue weighted by Gasteiger charge is 2.22. The van der Waals surface area contributed by atoms with Crippen molar-refractivity contribution in [1.82, 2.24) is 0 Å². The van der Waals surface area contributed by atoms with Gasteiger partial charge in [-0.05, 0) is 25.5 Å². The maximum Gasteiger partial charge on any atom is 0.474 e. The van der Waals surface area contributed by atoms with Gasteiger partial charge in [0.25, 0.3) is 0 Å². The zero-order valence-electron chi connectivity index (χ0n) is 7.42. The summed E-state index contributed by atoms with van der Waals surface area (Å²) in [6.07, 6.45) is 0.135. The molecule has 0 aromatic carbocycles. The van der Waals surface area contributed by atoms with Crippen molar-refractivity contribution in [3.8, 4) is 0 Å². The van der Waals surface area contributed by atoms with Gasteiger partial charge in [0.2, 0.25) is 0 Å². The van der Waals surface area contributed by atoms with Crippen LogP contribution in [0.3, 0.4) is 0 Å². The Kier molecular flexibility index (Phi) is 7.03. The Balaban J connectivity index is 3.57. The lowest BCUT2D eigenvalue weighted by atomic mass is 10.4. The summed E-state index contributed by atoms with van der Waals surface area (Å²) in [6.45, 7) is 1.36. The molecular formula is C6H15O5PS. The van der Waals surface area contributed by atoms with Gasteiger partial charge >= 0.3 is 7.82 Å². The fourth-order valence-electron chi connectivity index (χ4n) is 0.617. The van der Waals surface area contributed by atoms with Crippen LogP contribution in [0.4, 0.5) is 0 Å². The van der Waals surface area contributed by atoms with Gasteiger partial charge in [0.05, 0.1) is 6.61 Å². The van der Waals surface area contributed by atoms with E-state index in [0.717, 1.165) is 6.42 Å². The minimum atomic E-state index is -4.06. The van der Waals surface area contributed by atoms with E-state index in [2.05, 4.69) is 21.7 Å². The first-order valence-electron chi connectivity index (χ1n) is 3.92. The van der Waals surface area contributed by atoms with Crippen molar-refractivity contribution in [2.75, 3.05) is 12.4 Å². The van der Waals surface area contributed by atoms with Crippen LogP contribution in [-0.4, -0.2) is 28.6 Å². The third kappa shape index (κ3) is 8.74. The highest BCUT2D eigenvalue weighted by Crippen LogP contribution is 2.44. The first kappa shape index (κ1) is 13.4. The van der Waals surface area contributed by atoms with Crippen LogP contribution in [0.1, 0.15) is 19.8 Å². The van der Waals surface area contributed by atoms with E-state index in [1.54, 1.807) is 0 Å². The summed E-state index contributed by atoms with van der Waals surface area (Å²) in [5, 5.41) is 8.64. The summed E-state index contributed by atoms with van der Waals surface area (Å²) in [7, 11) is -4.06. The summed E-state index contributed by atoms with van der Waals surface area (Å²) in [6, 6.07) is 0. The SMILES string of the molecule is CC(O)OP(=O)(O)OCCCCS. The maximum atomic E-state index is 10.9. The van der Waals surface area contributed by atoms with Crippen LogP contribution in [0, 0.1) is 0 Å². The van der Waals surface area contributed by atoms with Gasteiger partial charge in [-0.2, -0.15) is 12.6 Å². The minimum Gasteiger partial charge on any atom is -0.368 e. The van der Waals surface area contributed by atoms with E-state index >= 15 is 0 Å². The normalized spacial score (nSPS) is 18.2. The Morgan fingerprint density at radius 1 is 1.54 bits per heavy atom. The lowest BCUT2D eigenvalue weighted by Crippen LogP contribution is -2.06. The summed E-state index contributed by atoms with van der Waals surface area (Å²) in [4.78, 5) is 8.92. The second-order valence-corrected chi connectivity index (χ2v) is 4.29. The van der Waals surface area contributed by atoms with Crippen molar-refractivity contribution < 1.29 is 23.6 Å². The highest BCUT2D eigenvalue weighted by atomic mass is 32.1. The summed E-state index contributed by atoms with van der Waals surface area (Å²) in [5.41, 5.74) is 0. The number of rotatable bonds is 7. The smallest absolute Gasteiger partial charge is 0.368 e. The van der Waals surface area contributed by atoms with E-state index in [1.165, 1.54) is 6.92 Å². The van der Waals surface area contributed by atoms with Gasteiger partial charge in [-0.25, -0.2) is 4.57 Å². The fourth-order valence-corrected chi connectivity index (χ4v) is 1.65. The zero-order chi connectivity index (χ0) is 10.3. The van der Waals surface area contributed by atoms with Crippen LogP contribution in [0.25, 0.3) is 0 Å². The number of thiol groups is 1. The summed E-state index contributed by atoms with van der Waals surface area (Å²) in [5.74, 6) is 0.705. The molecule has 0 rings (SSSR count). The van der Waals surface area contributed by atoms with Crippen LogP contribution in [0.2, 0.25) is 0 Å². The Labute approximate surface area is 83.1 Å². The van der Waals surface area contributed by atoms with Crippen molar-refractivity contribution in [3.05, 3.63) is 0 Å². The van der Waals surface area contributed by atoms with Crippen molar-refractivity contribution in [2.45, 2.75) is 26.1 Å². The lowest BCUT2D eigenvalue weighted by molar-refractivity contribution is -0.0277. The van der Waals surface area contributed by atoms with Gasteiger partial charge < -0.3 is 10.00 Å². The molecule has 0 radical (unpaired) electrons. The molecule has 0 aliphatic heterocycles. The quantitative estimate of drug-likeness (QED) is 0.265. The lowest BCUT2D eigenvalue weighted by Gasteiger charge is -2.13. The molecule has 0 saturated heterocycles. The predicted molar refractivity (Wildman–Crippen MR) is 51.6 cm³/mol. The van der Waals surface area contributed by atoms with Crippen molar-refractivity contribution in [2.24, 2.45) is 0 Å². The Hall–Kier alpha value is 0.420. The molecule has 0 bridgehead atoms. The highest BCUT2D eigenvalue weighted by molar-refractivity contribution is 7.80. The van der Waals surface area contributed by atoms with E-state index in [0.29, 0.717) is 12.2 Å². The number of aliphatic hydroxyl groups excluding tert-OH is 1. The van der Waals surface area contributed by atoms with E-state index in [1.807, 2.05) is 0 Å². The average molecular weight is 230 g/mol. The molecule has 80 valence electrons. The van der Waals surface area contributed by atoms with Crippen molar-refractivity contribution in [1.29, 1.82) is 0 Å². The van der Waals surface area contributed by atoms with Crippen LogP contribution >= 0.6 is 20.5 Å². The van der Waals surface area contributed by atoms with E-state index in [-0.39, 0.29) is 6.61 Å². The van der Waals surface area contributed by atoms with Gasteiger partial charge in [0.1, 0.15) is 0 Å². The van der Waals surface area contributed by atoms with Gasteiger partial charge in [0.15, 0.2) is 6.29 Å². The average Bonchev–Trinajstić information content (AvgIpc) is 1.95. The van der Waals surface area contributed by atoms with Crippen LogP contribution in [-0.2, 0) is 13.6 Å². The monoisotopic (exact) mass is 230 g/mol. The molecule has 2 unspecified atom stereocenters. The van der Waals surface area contributed by atoms with Gasteiger partial charge in [-0.3, -0.25) is 9.05 Å². The Morgan fingerprint density at radius 3 is 2.62 bits per heavy atom. The molecule has 5 nitrogen and oxygen atoms in total. The second-order valence-electron chi connectivity index (χ2n) is 2.44. The number of hydrogen-bond acceptors (Lipinski definition) is 5. The molecule has 0 spiro atoms. The summed E-state index contributed by atoms with van der Waals surface area (Å²) >= 11 is 3.96. The molecule has 0 saturated carbocycles. The Morgan fingerprint density at radius 2 is 2.15 bits per heavy atom. The first-order chi connectivity index (χ1) is 5.98. The number of phosphoric acid groups is 1. The Bertz CT molecular complexity index is 174. The molecule has 0 aliphatic rings. The number of aliphatic hydroxyl groups is 1. The van der Waals surface area contributed by atoms with Crippen LogP contribution in [0.15, 0.2) is 0 Å². The molecule has 0 amide bonds. The molecule has 0 aliphatic carbocycles. The van der Waals surface area contributed by atoms with Crippen molar-refractivity contribution in [3.63, 3.8) is 0 Å². The molecule has 0 fully saturated rings. The molecule has 0 heterocycles. The van der Waals surface area contributed by atoms with Crippen LogP contribution in [0.5, 0.6) is 0 Å². The van der Waals surface area contributed by atoms with Crippen molar-refractivity contribution >= 4 is 20.5 Å². The molecule has 0 aromatic heterocycles. The number of unbranched alkanes of at least 4 members (excludes halogenated alkanes) is 1. The topological polar surface area (TPSA) is 76.0 Å². The molecular weight excluding hydrogens is 215 g/mol. The van der Waals surface area contributed by atoms with Gasteiger partial charge in [0, 0.05) is 0 Å². The van der Waals surface area contributed by atoms with E-state index in [4.69, 9.17) is 10.00 Å². The summed E-state index contributed by atoms with van der Waals surface area (Å²) < 4.78 is 19.7. The second kappa shape index (κ2) is 6.81.